The van der Waals surface area contributed by atoms with Gasteiger partial charge in [0.25, 0.3) is 0 Å². The Morgan fingerprint density at radius 3 is 2.41 bits per heavy atom. The van der Waals surface area contributed by atoms with Crippen molar-refractivity contribution in [2.45, 2.75) is 0 Å². The SMILES string of the molecule is COC(=O)C(=C\C(=O)O)/C=C/C=C/CN(C)C. The fourth-order valence-corrected chi connectivity index (χ4v) is 0.935. The summed E-state index contributed by atoms with van der Waals surface area (Å²) in [4.78, 5) is 23.6. The number of carbonyl (C=O) groups is 2. The molecule has 5 heteroatoms. The van der Waals surface area contributed by atoms with Crippen molar-refractivity contribution < 1.29 is 19.4 Å². The van der Waals surface area contributed by atoms with Crippen molar-refractivity contribution in [1.82, 2.24) is 4.90 Å². The molecule has 0 aliphatic heterocycles. The van der Waals surface area contributed by atoms with Crippen molar-refractivity contribution in [1.29, 1.82) is 0 Å². The van der Waals surface area contributed by atoms with Crippen LogP contribution >= 0.6 is 0 Å². The third-order valence-electron chi connectivity index (χ3n) is 1.69. The van der Waals surface area contributed by atoms with Gasteiger partial charge in [-0.2, -0.15) is 0 Å². The Morgan fingerprint density at radius 1 is 1.29 bits per heavy atom. The Labute approximate surface area is 101 Å². The summed E-state index contributed by atoms with van der Waals surface area (Å²) in [6.07, 6.45) is 7.41. The molecule has 0 fully saturated rings. The molecule has 0 saturated carbocycles. The van der Waals surface area contributed by atoms with Crippen LogP contribution in [-0.4, -0.2) is 49.7 Å². The lowest BCUT2D eigenvalue weighted by Gasteiger charge is -2.02. The number of hydrogen-bond acceptors (Lipinski definition) is 4. The van der Waals surface area contributed by atoms with Gasteiger partial charge in [-0.1, -0.05) is 18.2 Å². The summed E-state index contributed by atoms with van der Waals surface area (Å²) in [5, 5.41) is 8.56. The number of allylic oxidation sites excluding steroid dienone is 2. The van der Waals surface area contributed by atoms with Gasteiger partial charge in [-0.3, -0.25) is 0 Å². The van der Waals surface area contributed by atoms with Gasteiger partial charge in [0.1, 0.15) is 0 Å². The van der Waals surface area contributed by atoms with Crippen molar-refractivity contribution in [2.24, 2.45) is 0 Å². The molecule has 0 radical (unpaired) electrons. The first kappa shape index (κ1) is 15.1. The van der Waals surface area contributed by atoms with Crippen LogP contribution in [0.25, 0.3) is 0 Å². The number of rotatable bonds is 6. The Kier molecular flexibility index (Phi) is 7.38. The predicted octanol–water partition coefficient (Wildman–Crippen LogP) is 0.844. The molecule has 0 bridgehead atoms. The molecular weight excluding hydrogens is 222 g/mol. The summed E-state index contributed by atoms with van der Waals surface area (Å²) in [6.45, 7) is 0.764. The highest BCUT2D eigenvalue weighted by Crippen LogP contribution is 2.00. The number of esters is 1. The van der Waals surface area contributed by atoms with Gasteiger partial charge in [0.15, 0.2) is 0 Å². The maximum Gasteiger partial charge on any atom is 0.338 e. The van der Waals surface area contributed by atoms with Crippen LogP contribution in [0.1, 0.15) is 0 Å². The van der Waals surface area contributed by atoms with Gasteiger partial charge >= 0.3 is 11.9 Å². The zero-order valence-electron chi connectivity index (χ0n) is 10.2. The molecular formula is C12H17NO4. The Bertz CT molecular complexity index is 354. The van der Waals surface area contributed by atoms with Crippen LogP contribution in [0, 0.1) is 0 Å². The van der Waals surface area contributed by atoms with E-state index in [9.17, 15) is 9.59 Å². The fraction of sp³-hybridized carbons (Fsp3) is 0.333. The number of ether oxygens (including phenoxy) is 1. The molecule has 0 rings (SSSR count). The van der Waals surface area contributed by atoms with Gasteiger partial charge in [0.05, 0.1) is 12.7 Å². The lowest BCUT2D eigenvalue weighted by atomic mass is 10.2. The lowest BCUT2D eigenvalue weighted by molar-refractivity contribution is -0.137. The molecule has 0 amide bonds. The molecule has 0 aromatic heterocycles. The van der Waals surface area contributed by atoms with Crippen molar-refractivity contribution in [3.8, 4) is 0 Å². The Balaban J connectivity index is 4.55. The van der Waals surface area contributed by atoms with Crippen molar-refractivity contribution in [3.63, 3.8) is 0 Å². The summed E-state index contributed by atoms with van der Waals surface area (Å²) < 4.78 is 4.45. The molecule has 0 unspecified atom stereocenters. The van der Waals surface area contributed by atoms with Crippen LogP contribution in [0.15, 0.2) is 36.0 Å². The second-order valence-electron chi connectivity index (χ2n) is 3.48. The number of carboxylic acid groups (broad SMARTS) is 1. The smallest absolute Gasteiger partial charge is 0.338 e. The normalized spacial score (nSPS) is 12.6. The molecule has 1 N–H and O–H groups in total. The van der Waals surface area contributed by atoms with E-state index in [0.29, 0.717) is 0 Å². The van der Waals surface area contributed by atoms with Gasteiger partial charge in [-0.05, 0) is 20.2 Å². The maximum atomic E-state index is 11.2. The Morgan fingerprint density at radius 2 is 1.94 bits per heavy atom. The fourth-order valence-electron chi connectivity index (χ4n) is 0.935. The van der Waals surface area contributed by atoms with Crippen molar-refractivity contribution in [3.05, 3.63) is 36.0 Å². The van der Waals surface area contributed by atoms with Crippen LogP contribution in [0.5, 0.6) is 0 Å². The van der Waals surface area contributed by atoms with E-state index in [1.54, 1.807) is 12.2 Å². The zero-order valence-corrected chi connectivity index (χ0v) is 10.2. The average molecular weight is 239 g/mol. The van der Waals surface area contributed by atoms with E-state index in [1.807, 2.05) is 25.1 Å². The number of nitrogens with zero attached hydrogens (tertiary/aromatic N) is 1. The number of hydrogen-bond donors (Lipinski definition) is 1. The van der Waals surface area contributed by atoms with Gasteiger partial charge in [-0.25, -0.2) is 9.59 Å². The summed E-state index contributed by atoms with van der Waals surface area (Å²) >= 11 is 0. The molecule has 0 aromatic carbocycles. The maximum absolute atomic E-state index is 11.2. The summed E-state index contributed by atoms with van der Waals surface area (Å²) in [7, 11) is 5.06. The van der Waals surface area contributed by atoms with Gasteiger partial charge in [0, 0.05) is 12.6 Å². The third-order valence-corrected chi connectivity index (χ3v) is 1.69. The Hall–Kier alpha value is -1.88. The second-order valence-corrected chi connectivity index (χ2v) is 3.48. The second kappa shape index (κ2) is 8.29. The van der Waals surface area contributed by atoms with E-state index < -0.39 is 11.9 Å². The third kappa shape index (κ3) is 7.98. The summed E-state index contributed by atoms with van der Waals surface area (Å²) in [5.41, 5.74) is -0.00509. The minimum absolute atomic E-state index is 0.00509. The van der Waals surface area contributed by atoms with Gasteiger partial charge in [-0.15, -0.1) is 0 Å². The quantitative estimate of drug-likeness (QED) is 0.423. The molecule has 5 nitrogen and oxygen atoms in total. The highest BCUT2D eigenvalue weighted by atomic mass is 16.5. The standard InChI is InChI=1S/C12H17NO4/c1-13(2)8-6-4-5-7-10(9-11(14)15)12(16)17-3/h4-7,9H,8H2,1-3H3,(H,14,15)/b6-4+,7-5+,10-9-. The first-order chi connectivity index (χ1) is 7.97. The first-order valence-corrected chi connectivity index (χ1v) is 4.98. The van der Waals surface area contributed by atoms with Crippen LogP contribution in [0.3, 0.4) is 0 Å². The van der Waals surface area contributed by atoms with E-state index in [2.05, 4.69) is 4.74 Å². The molecule has 17 heavy (non-hydrogen) atoms. The van der Waals surface area contributed by atoms with Crippen LogP contribution in [0.4, 0.5) is 0 Å². The molecule has 0 aliphatic rings. The van der Waals surface area contributed by atoms with Gasteiger partial charge < -0.3 is 14.7 Å². The topological polar surface area (TPSA) is 66.8 Å². The summed E-state index contributed by atoms with van der Waals surface area (Å²) in [6, 6.07) is 0. The molecule has 0 saturated heterocycles. The summed E-state index contributed by atoms with van der Waals surface area (Å²) in [5.74, 6) is -1.86. The minimum Gasteiger partial charge on any atom is -0.478 e. The molecule has 0 aromatic rings. The largest absolute Gasteiger partial charge is 0.478 e. The number of methoxy groups -OCH3 is 1. The van der Waals surface area contributed by atoms with Crippen LogP contribution < -0.4 is 0 Å². The number of carboxylic acids is 1. The monoisotopic (exact) mass is 239 g/mol. The predicted molar refractivity (Wildman–Crippen MR) is 64.6 cm³/mol. The van der Waals surface area contributed by atoms with Gasteiger partial charge in [0.2, 0.25) is 0 Å². The molecule has 0 spiro atoms. The molecule has 0 heterocycles. The average Bonchev–Trinajstić information content (AvgIpc) is 2.25. The lowest BCUT2D eigenvalue weighted by Crippen LogP contribution is -2.10. The van der Waals surface area contributed by atoms with Crippen LogP contribution in [0.2, 0.25) is 0 Å². The molecule has 94 valence electrons. The van der Waals surface area contributed by atoms with Crippen molar-refractivity contribution in [2.75, 3.05) is 27.7 Å². The number of likely N-dealkylation sites (N-methyl/N-ethyl adjacent to an activating group) is 1. The highest BCUT2D eigenvalue weighted by molar-refractivity contribution is 5.98. The van der Waals surface area contributed by atoms with E-state index >= 15 is 0 Å². The van der Waals surface area contributed by atoms with Crippen molar-refractivity contribution >= 4 is 11.9 Å². The molecule has 0 aliphatic carbocycles. The highest BCUT2D eigenvalue weighted by Gasteiger charge is 2.07. The number of carbonyl (C=O) groups excluding carboxylic acids is 1. The minimum atomic E-state index is -1.19. The number of aliphatic carboxylic acids is 1. The van der Waals surface area contributed by atoms with E-state index in [-0.39, 0.29) is 5.57 Å². The molecule has 0 atom stereocenters. The van der Waals surface area contributed by atoms with E-state index in [4.69, 9.17) is 5.11 Å². The first-order valence-electron chi connectivity index (χ1n) is 4.98. The van der Waals surface area contributed by atoms with Crippen LogP contribution in [-0.2, 0) is 14.3 Å². The van der Waals surface area contributed by atoms with E-state index in [1.165, 1.54) is 13.2 Å². The zero-order chi connectivity index (χ0) is 13.3. The van der Waals surface area contributed by atoms with E-state index in [0.717, 1.165) is 12.6 Å².